The van der Waals surface area contributed by atoms with Crippen molar-refractivity contribution in [2.45, 2.75) is 51.3 Å². The van der Waals surface area contributed by atoms with Crippen LogP contribution in [0.25, 0.3) is 0 Å². The molecule has 0 atom stereocenters. The van der Waals surface area contributed by atoms with Crippen molar-refractivity contribution >= 4 is 33.2 Å². The Hall–Kier alpha value is -2.71. The third-order valence-electron chi connectivity index (χ3n) is 5.36. The number of benzene rings is 2. The van der Waals surface area contributed by atoms with Crippen LogP contribution in [0.2, 0.25) is 0 Å². The number of amides is 2. The molecular formula is C24H31N3O4S. The first-order valence-electron chi connectivity index (χ1n) is 10.9. The standard InChI is InChI=1S/C24H31N3O4S/c1-24(2,3)23(29)26-20-12-9-11-19(17-20)25-22(28)18-10-8-13-21(16-18)32(30,31)27-14-6-4-5-7-15-27/h8-13,16-17H,4-7,14-15H2,1-3H3,(H,25,28)(H,26,29). The van der Waals surface area contributed by atoms with Crippen molar-refractivity contribution in [2.24, 2.45) is 5.41 Å². The van der Waals surface area contributed by atoms with Crippen molar-refractivity contribution in [2.75, 3.05) is 23.7 Å². The Balaban J connectivity index is 1.75. The molecular weight excluding hydrogens is 426 g/mol. The van der Waals surface area contributed by atoms with Crippen LogP contribution in [0, 0.1) is 5.41 Å². The minimum absolute atomic E-state index is 0.123. The quantitative estimate of drug-likeness (QED) is 0.692. The molecule has 172 valence electrons. The highest BCUT2D eigenvalue weighted by molar-refractivity contribution is 7.89. The Kier molecular flexibility index (Phi) is 7.36. The first-order valence-corrected chi connectivity index (χ1v) is 12.3. The van der Waals surface area contributed by atoms with E-state index in [9.17, 15) is 18.0 Å². The number of carbonyl (C=O) groups excluding carboxylic acids is 2. The van der Waals surface area contributed by atoms with E-state index in [1.54, 1.807) is 36.4 Å². The lowest BCUT2D eigenvalue weighted by Crippen LogP contribution is -2.32. The highest BCUT2D eigenvalue weighted by Crippen LogP contribution is 2.23. The molecule has 1 aliphatic heterocycles. The number of rotatable bonds is 5. The Bertz CT molecular complexity index is 1080. The summed E-state index contributed by atoms with van der Waals surface area (Å²) in [6.45, 7) is 6.47. The molecule has 0 aliphatic carbocycles. The minimum atomic E-state index is -3.64. The number of nitrogens with zero attached hydrogens (tertiary/aromatic N) is 1. The molecule has 32 heavy (non-hydrogen) atoms. The summed E-state index contributed by atoms with van der Waals surface area (Å²) >= 11 is 0. The molecule has 1 fully saturated rings. The van der Waals surface area contributed by atoms with Gasteiger partial charge in [-0.1, -0.05) is 45.7 Å². The van der Waals surface area contributed by atoms with Gasteiger partial charge in [0.15, 0.2) is 0 Å². The van der Waals surface area contributed by atoms with E-state index < -0.39 is 21.3 Å². The first-order chi connectivity index (χ1) is 15.1. The fourth-order valence-corrected chi connectivity index (χ4v) is 4.99. The largest absolute Gasteiger partial charge is 0.326 e. The number of sulfonamides is 1. The third kappa shape index (κ3) is 5.95. The zero-order valence-corrected chi connectivity index (χ0v) is 19.7. The van der Waals surface area contributed by atoms with E-state index in [0.717, 1.165) is 25.7 Å². The van der Waals surface area contributed by atoms with Crippen LogP contribution in [0.3, 0.4) is 0 Å². The topological polar surface area (TPSA) is 95.6 Å². The molecule has 0 unspecified atom stereocenters. The van der Waals surface area contributed by atoms with Crippen LogP contribution >= 0.6 is 0 Å². The average molecular weight is 458 g/mol. The molecule has 0 aromatic heterocycles. The van der Waals surface area contributed by atoms with Crippen molar-refractivity contribution in [3.8, 4) is 0 Å². The van der Waals surface area contributed by atoms with Gasteiger partial charge in [-0.3, -0.25) is 9.59 Å². The second-order valence-corrected chi connectivity index (χ2v) is 11.0. The third-order valence-corrected chi connectivity index (χ3v) is 7.25. The molecule has 1 saturated heterocycles. The van der Waals surface area contributed by atoms with Gasteiger partial charge in [0.1, 0.15) is 0 Å². The highest BCUT2D eigenvalue weighted by Gasteiger charge is 2.26. The van der Waals surface area contributed by atoms with Crippen molar-refractivity contribution in [1.29, 1.82) is 0 Å². The van der Waals surface area contributed by atoms with E-state index in [1.165, 1.54) is 16.4 Å². The molecule has 0 bridgehead atoms. The zero-order chi connectivity index (χ0) is 23.4. The maximum atomic E-state index is 13.1. The summed E-state index contributed by atoms with van der Waals surface area (Å²) in [5, 5.41) is 5.61. The van der Waals surface area contributed by atoms with E-state index in [2.05, 4.69) is 10.6 Å². The number of hydrogen-bond donors (Lipinski definition) is 2. The Labute approximate surface area is 190 Å². The summed E-state index contributed by atoms with van der Waals surface area (Å²) in [6, 6.07) is 13.0. The number of hydrogen-bond acceptors (Lipinski definition) is 4. The van der Waals surface area contributed by atoms with Crippen molar-refractivity contribution in [3.63, 3.8) is 0 Å². The summed E-state index contributed by atoms with van der Waals surface area (Å²) in [6.07, 6.45) is 3.76. The molecule has 0 spiro atoms. The van der Waals surface area contributed by atoms with Crippen molar-refractivity contribution in [3.05, 3.63) is 54.1 Å². The minimum Gasteiger partial charge on any atom is -0.326 e. The molecule has 0 radical (unpaired) electrons. The fourth-order valence-electron chi connectivity index (χ4n) is 3.43. The van der Waals surface area contributed by atoms with Crippen LogP contribution in [0.4, 0.5) is 11.4 Å². The lowest BCUT2D eigenvalue weighted by Gasteiger charge is -2.20. The van der Waals surface area contributed by atoms with Gasteiger partial charge in [-0.15, -0.1) is 0 Å². The predicted molar refractivity (Wildman–Crippen MR) is 126 cm³/mol. The van der Waals surface area contributed by atoms with Crippen LogP contribution in [0.15, 0.2) is 53.4 Å². The zero-order valence-electron chi connectivity index (χ0n) is 18.8. The lowest BCUT2D eigenvalue weighted by molar-refractivity contribution is -0.123. The van der Waals surface area contributed by atoms with Crippen LogP contribution in [0.5, 0.6) is 0 Å². The molecule has 0 saturated carbocycles. The average Bonchev–Trinajstić information content (AvgIpc) is 3.03. The van der Waals surface area contributed by atoms with Gasteiger partial charge in [-0.2, -0.15) is 4.31 Å². The maximum absolute atomic E-state index is 13.1. The molecule has 2 N–H and O–H groups in total. The van der Waals surface area contributed by atoms with Crippen molar-refractivity contribution < 1.29 is 18.0 Å². The van der Waals surface area contributed by atoms with Gasteiger partial charge in [-0.25, -0.2) is 8.42 Å². The van der Waals surface area contributed by atoms with Gasteiger partial charge in [0.25, 0.3) is 5.91 Å². The van der Waals surface area contributed by atoms with Crippen LogP contribution in [-0.2, 0) is 14.8 Å². The first kappa shape index (κ1) is 23.9. The van der Waals surface area contributed by atoms with E-state index in [-0.39, 0.29) is 16.4 Å². The fraction of sp³-hybridized carbons (Fsp3) is 0.417. The molecule has 1 heterocycles. The summed E-state index contributed by atoms with van der Waals surface area (Å²) < 4.78 is 27.6. The molecule has 2 amide bonds. The Morgan fingerprint density at radius 1 is 0.844 bits per heavy atom. The molecule has 2 aromatic carbocycles. The lowest BCUT2D eigenvalue weighted by atomic mass is 9.95. The van der Waals surface area contributed by atoms with E-state index in [4.69, 9.17) is 0 Å². The predicted octanol–water partition coefficient (Wildman–Crippen LogP) is 4.49. The van der Waals surface area contributed by atoms with Gasteiger partial charge in [0, 0.05) is 35.4 Å². The van der Waals surface area contributed by atoms with Crippen LogP contribution in [-0.4, -0.2) is 37.6 Å². The van der Waals surface area contributed by atoms with E-state index in [1.807, 2.05) is 20.8 Å². The highest BCUT2D eigenvalue weighted by atomic mass is 32.2. The number of nitrogens with one attached hydrogen (secondary N) is 2. The molecule has 1 aliphatic rings. The van der Waals surface area contributed by atoms with E-state index in [0.29, 0.717) is 24.5 Å². The summed E-state index contributed by atoms with van der Waals surface area (Å²) in [7, 11) is -3.64. The molecule has 2 aromatic rings. The van der Waals surface area contributed by atoms with Gasteiger partial charge in [-0.05, 0) is 49.2 Å². The van der Waals surface area contributed by atoms with E-state index >= 15 is 0 Å². The number of carbonyl (C=O) groups is 2. The monoisotopic (exact) mass is 457 g/mol. The Morgan fingerprint density at radius 2 is 1.44 bits per heavy atom. The van der Waals surface area contributed by atoms with Crippen LogP contribution in [0.1, 0.15) is 56.8 Å². The van der Waals surface area contributed by atoms with Gasteiger partial charge >= 0.3 is 0 Å². The SMILES string of the molecule is CC(C)(C)C(=O)Nc1cccc(NC(=O)c2cccc(S(=O)(=O)N3CCCCCC3)c2)c1. The summed E-state index contributed by atoms with van der Waals surface area (Å²) in [5.41, 5.74) is 0.784. The van der Waals surface area contributed by atoms with Gasteiger partial charge < -0.3 is 10.6 Å². The molecule has 7 nitrogen and oxygen atoms in total. The molecule has 8 heteroatoms. The second kappa shape index (κ2) is 9.83. The van der Waals surface area contributed by atoms with Gasteiger partial charge in [0.05, 0.1) is 4.90 Å². The summed E-state index contributed by atoms with van der Waals surface area (Å²) in [4.78, 5) is 25.1. The maximum Gasteiger partial charge on any atom is 0.255 e. The molecule has 3 rings (SSSR count). The Morgan fingerprint density at radius 3 is 2.06 bits per heavy atom. The smallest absolute Gasteiger partial charge is 0.255 e. The number of anilines is 2. The van der Waals surface area contributed by atoms with Crippen LogP contribution < -0.4 is 10.6 Å². The summed E-state index contributed by atoms with van der Waals surface area (Å²) in [5.74, 6) is -0.551. The van der Waals surface area contributed by atoms with Crippen molar-refractivity contribution in [1.82, 2.24) is 4.31 Å². The second-order valence-electron chi connectivity index (χ2n) is 9.09. The van der Waals surface area contributed by atoms with Gasteiger partial charge in [0.2, 0.25) is 15.9 Å². The normalized spacial score (nSPS) is 15.6.